The number of benzene rings is 1. The fourth-order valence-electron chi connectivity index (χ4n) is 2.02. The Morgan fingerprint density at radius 2 is 2.31 bits per heavy atom. The van der Waals surface area contributed by atoms with E-state index >= 15 is 0 Å². The zero-order valence-corrected chi connectivity index (χ0v) is 10.1. The van der Waals surface area contributed by atoms with Gasteiger partial charge in [0.1, 0.15) is 6.04 Å². The molecular weight excluding hydrogens is 226 g/mol. The first kappa shape index (κ1) is 11.3. The molecule has 3 nitrogen and oxygen atoms in total. The number of rotatable bonds is 2. The number of hydrogen-bond donors (Lipinski definition) is 0. The third-order valence-electron chi connectivity index (χ3n) is 2.97. The molecule has 2 rings (SSSR count). The van der Waals surface area contributed by atoms with Crippen molar-refractivity contribution in [3.63, 3.8) is 0 Å². The summed E-state index contributed by atoms with van der Waals surface area (Å²) in [6.45, 7) is 2.85. The zero-order valence-electron chi connectivity index (χ0n) is 9.37. The topological polar surface area (TPSA) is 29.5 Å². The fraction of sp³-hybridized carbons (Fsp3) is 0.417. The first-order valence-electron chi connectivity index (χ1n) is 5.24. The third kappa shape index (κ3) is 1.76. The van der Waals surface area contributed by atoms with Crippen molar-refractivity contribution in [2.75, 3.05) is 18.6 Å². The maximum atomic E-state index is 11.5. The molecule has 0 amide bonds. The lowest BCUT2D eigenvalue weighted by Gasteiger charge is -2.41. The Bertz CT molecular complexity index is 399. The van der Waals surface area contributed by atoms with Gasteiger partial charge >= 0.3 is 5.97 Å². The minimum Gasteiger partial charge on any atom is -0.467 e. The van der Waals surface area contributed by atoms with Crippen molar-refractivity contribution >= 4 is 23.3 Å². The van der Waals surface area contributed by atoms with Crippen LogP contribution in [-0.2, 0) is 9.53 Å². The van der Waals surface area contributed by atoms with Gasteiger partial charge in [0.15, 0.2) is 0 Å². The molecule has 1 aliphatic heterocycles. The van der Waals surface area contributed by atoms with E-state index < -0.39 is 0 Å². The van der Waals surface area contributed by atoms with E-state index in [-0.39, 0.29) is 12.0 Å². The lowest BCUT2D eigenvalue weighted by molar-refractivity contribution is -0.143. The number of para-hydroxylation sites is 1. The van der Waals surface area contributed by atoms with Gasteiger partial charge in [0.25, 0.3) is 0 Å². The molecule has 1 aromatic rings. The monoisotopic (exact) mass is 239 g/mol. The van der Waals surface area contributed by atoms with Crippen LogP contribution < -0.4 is 4.90 Å². The second-order valence-electron chi connectivity index (χ2n) is 3.93. The first-order chi connectivity index (χ1) is 7.65. The number of halogens is 1. The predicted molar refractivity (Wildman–Crippen MR) is 64.0 cm³/mol. The van der Waals surface area contributed by atoms with E-state index in [2.05, 4.69) is 0 Å². The highest BCUT2D eigenvalue weighted by Gasteiger charge is 2.36. The summed E-state index contributed by atoms with van der Waals surface area (Å²) in [5.41, 5.74) is 2.03. The molecule has 0 radical (unpaired) electrons. The van der Waals surface area contributed by atoms with Crippen molar-refractivity contribution in [2.24, 2.45) is 0 Å². The number of ether oxygens (including phenoxy) is 1. The zero-order chi connectivity index (χ0) is 11.7. The van der Waals surface area contributed by atoms with Gasteiger partial charge in [0, 0.05) is 6.54 Å². The van der Waals surface area contributed by atoms with Crippen molar-refractivity contribution in [1.29, 1.82) is 0 Å². The SMILES string of the molecule is COC(=O)C1CCN1c1c(C)cccc1Cl. The predicted octanol–water partition coefficient (Wildman–Crippen LogP) is 2.40. The van der Waals surface area contributed by atoms with Crippen molar-refractivity contribution in [3.05, 3.63) is 28.8 Å². The number of anilines is 1. The molecule has 0 bridgehead atoms. The Morgan fingerprint density at radius 1 is 1.56 bits per heavy atom. The molecule has 1 atom stereocenters. The summed E-state index contributed by atoms with van der Waals surface area (Å²) in [6.07, 6.45) is 0.831. The molecule has 86 valence electrons. The van der Waals surface area contributed by atoms with Gasteiger partial charge in [-0.15, -0.1) is 0 Å². The molecule has 0 aliphatic carbocycles. The second-order valence-corrected chi connectivity index (χ2v) is 4.33. The van der Waals surface area contributed by atoms with Gasteiger partial charge in [-0.2, -0.15) is 0 Å². The smallest absolute Gasteiger partial charge is 0.328 e. The van der Waals surface area contributed by atoms with Crippen LogP contribution in [0.1, 0.15) is 12.0 Å². The highest BCUT2D eigenvalue weighted by molar-refractivity contribution is 6.33. The normalized spacial score (nSPS) is 19.2. The second kappa shape index (κ2) is 4.34. The van der Waals surface area contributed by atoms with E-state index in [0.29, 0.717) is 5.02 Å². The molecule has 1 heterocycles. The number of esters is 1. The lowest BCUT2D eigenvalue weighted by atomic mass is 10.00. The van der Waals surface area contributed by atoms with E-state index in [1.165, 1.54) is 7.11 Å². The Balaban J connectivity index is 2.28. The molecule has 4 heteroatoms. The van der Waals surface area contributed by atoms with E-state index in [1.54, 1.807) is 0 Å². The Morgan fingerprint density at radius 3 is 2.81 bits per heavy atom. The summed E-state index contributed by atoms with van der Waals surface area (Å²) >= 11 is 6.16. The van der Waals surface area contributed by atoms with Crippen LogP contribution in [-0.4, -0.2) is 25.7 Å². The number of hydrogen-bond acceptors (Lipinski definition) is 3. The van der Waals surface area contributed by atoms with E-state index in [0.717, 1.165) is 24.2 Å². The Kier molecular flexibility index (Phi) is 3.06. The number of aryl methyl sites for hydroxylation is 1. The van der Waals surface area contributed by atoms with Gasteiger partial charge < -0.3 is 9.64 Å². The summed E-state index contributed by atoms with van der Waals surface area (Å²) in [5, 5.41) is 0.689. The van der Waals surface area contributed by atoms with Crippen molar-refractivity contribution in [3.8, 4) is 0 Å². The van der Waals surface area contributed by atoms with Crippen molar-refractivity contribution in [1.82, 2.24) is 0 Å². The molecule has 0 aromatic heterocycles. The van der Waals surface area contributed by atoms with Crippen LogP contribution in [0, 0.1) is 6.92 Å². The molecule has 0 N–H and O–H groups in total. The molecule has 1 fully saturated rings. The van der Waals surface area contributed by atoms with Crippen LogP contribution in [0.25, 0.3) is 0 Å². The van der Waals surface area contributed by atoms with Crippen molar-refractivity contribution in [2.45, 2.75) is 19.4 Å². The molecule has 0 spiro atoms. The Labute approximate surface area is 100.0 Å². The van der Waals surface area contributed by atoms with Gasteiger partial charge in [0.05, 0.1) is 17.8 Å². The molecule has 16 heavy (non-hydrogen) atoms. The molecule has 1 aromatic carbocycles. The van der Waals surface area contributed by atoms with Crippen molar-refractivity contribution < 1.29 is 9.53 Å². The summed E-state index contributed by atoms with van der Waals surface area (Å²) in [5.74, 6) is -0.189. The fourth-order valence-corrected chi connectivity index (χ4v) is 2.35. The van der Waals surface area contributed by atoms with E-state index in [9.17, 15) is 4.79 Å². The summed E-state index contributed by atoms with van der Waals surface area (Å²) in [6, 6.07) is 5.57. The number of nitrogens with zero attached hydrogens (tertiary/aromatic N) is 1. The standard InChI is InChI=1S/C12H14ClNO2/c1-8-4-3-5-9(13)11(8)14-7-6-10(14)12(15)16-2/h3-5,10H,6-7H2,1-2H3. The van der Waals surface area contributed by atoms with E-state index in [4.69, 9.17) is 16.3 Å². The Hall–Kier alpha value is -1.22. The number of methoxy groups -OCH3 is 1. The van der Waals surface area contributed by atoms with Gasteiger partial charge in [0.2, 0.25) is 0 Å². The molecule has 1 saturated heterocycles. The highest BCUT2D eigenvalue weighted by Crippen LogP contribution is 2.35. The minimum absolute atomic E-state index is 0.177. The third-order valence-corrected chi connectivity index (χ3v) is 3.27. The summed E-state index contributed by atoms with van der Waals surface area (Å²) in [7, 11) is 1.41. The molecule has 1 unspecified atom stereocenters. The summed E-state index contributed by atoms with van der Waals surface area (Å²) < 4.78 is 4.76. The van der Waals surface area contributed by atoms with Gasteiger partial charge in [-0.3, -0.25) is 0 Å². The average Bonchev–Trinajstić information content (AvgIpc) is 2.21. The molecule has 0 saturated carbocycles. The molecule has 1 aliphatic rings. The van der Waals surface area contributed by atoms with Gasteiger partial charge in [-0.1, -0.05) is 23.7 Å². The minimum atomic E-state index is -0.189. The van der Waals surface area contributed by atoms with E-state index in [1.807, 2.05) is 30.0 Å². The average molecular weight is 240 g/mol. The molecular formula is C12H14ClNO2. The van der Waals surface area contributed by atoms with Crippen LogP contribution in [0.3, 0.4) is 0 Å². The van der Waals surface area contributed by atoms with Crippen LogP contribution >= 0.6 is 11.6 Å². The lowest BCUT2D eigenvalue weighted by Crippen LogP contribution is -2.53. The van der Waals surface area contributed by atoms with Gasteiger partial charge in [-0.05, 0) is 25.0 Å². The summed E-state index contributed by atoms with van der Waals surface area (Å²) in [4.78, 5) is 13.5. The number of carbonyl (C=O) groups is 1. The van der Waals surface area contributed by atoms with Gasteiger partial charge in [-0.25, -0.2) is 4.79 Å². The van der Waals surface area contributed by atoms with Crippen LogP contribution in [0.15, 0.2) is 18.2 Å². The highest BCUT2D eigenvalue weighted by atomic mass is 35.5. The maximum Gasteiger partial charge on any atom is 0.328 e. The largest absolute Gasteiger partial charge is 0.467 e. The van der Waals surface area contributed by atoms with Crippen LogP contribution in [0.5, 0.6) is 0 Å². The number of carbonyl (C=O) groups excluding carboxylic acids is 1. The first-order valence-corrected chi connectivity index (χ1v) is 5.62. The van der Waals surface area contributed by atoms with Crippen LogP contribution in [0.2, 0.25) is 5.02 Å². The quantitative estimate of drug-likeness (QED) is 0.743. The maximum absolute atomic E-state index is 11.5. The van der Waals surface area contributed by atoms with Crippen LogP contribution in [0.4, 0.5) is 5.69 Å².